The molecule has 160 valence electrons. The lowest BCUT2D eigenvalue weighted by atomic mass is 9.67. The molecule has 0 aromatic heterocycles. The third-order valence-corrected chi connectivity index (χ3v) is 6.76. The zero-order valence-electron chi connectivity index (χ0n) is 17.5. The van der Waals surface area contributed by atoms with Gasteiger partial charge in [0.2, 0.25) is 11.8 Å². The molecule has 4 amide bonds. The van der Waals surface area contributed by atoms with E-state index >= 15 is 0 Å². The van der Waals surface area contributed by atoms with Gasteiger partial charge in [-0.1, -0.05) is 30.3 Å². The van der Waals surface area contributed by atoms with Crippen molar-refractivity contribution in [3.05, 3.63) is 54.1 Å². The molecule has 2 aromatic carbocycles. The second-order valence-corrected chi connectivity index (χ2v) is 8.23. The highest BCUT2D eigenvalue weighted by Crippen LogP contribution is 2.46. The molecule has 2 unspecified atom stereocenters. The molecule has 8 nitrogen and oxygen atoms in total. The van der Waals surface area contributed by atoms with E-state index in [2.05, 4.69) is 15.1 Å². The molecule has 0 aliphatic carbocycles. The fraction of sp³-hybridized carbons (Fsp3) is 0.348. The number of imide groups is 2. The fourth-order valence-corrected chi connectivity index (χ4v) is 5.19. The van der Waals surface area contributed by atoms with Crippen LogP contribution in [-0.4, -0.2) is 62.6 Å². The number of urea groups is 1. The molecular formula is C23H24N4O4. The maximum atomic E-state index is 13.5. The molecule has 3 heterocycles. The van der Waals surface area contributed by atoms with Crippen LogP contribution in [0.15, 0.2) is 48.5 Å². The second kappa shape index (κ2) is 7.01. The van der Waals surface area contributed by atoms with E-state index in [0.717, 1.165) is 27.6 Å². The Labute approximate surface area is 180 Å². The highest BCUT2D eigenvalue weighted by atomic mass is 16.5. The first-order valence-corrected chi connectivity index (χ1v) is 10.3. The molecule has 2 fully saturated rings. The molecule has 0 bridgehead atoms. The van der Waals surface area contributed by atoms with Crippen LogP contribution in [0.25, 0.3) is 0 Å². The highest BCUT2D eigenvalue weighted by Gasteiger charge is 2.62. The van der Waals surface area contributed by atoms with E-state index in [9.17, 15) is 14.4 Å². The van der Waals surface area contributed by atoms with Crippen molar-refractivity contribution >= 4 is 29.2 Å². The van der Waals surface area contributed by atoms with Crippen molar-refractivity contribution in [2.45, 2.75) is 12.5 Å². The number of carbonyl (C=O) groups excluding carboxylic acids is 3. The number of rotatable bonds is 2. The van der Waals surface area contributed by atoms with E-state index in [1.807, 2.05) is 48.5 Å². The summed E-state index contributed by atoms with van der Waals surface area (Å²) in [7, 11) is 3.06. The molecule has 8 heteroatoms. The monoisotopic (exact) mass is 420 g/mol. The number of methoxy groups -OCH3 is 1. The first-order chi connectivity index (χ1) is 15.0. The van der Waals surface area contributed by atoms with Gasteiger partial charge in [0.25, 0.3) is 0 Å². The summed E-state index contributed by atoms with van der Waals surface area (Å²) in [5.41, 5.74) is 1.53. The van der Waals surface area contributed by atoms with E-state index in [0.29, 0.717) is 19.6 Å². The molecule has 0 saturated carbocycles. The van der Waals surface area contributed by atoms with Crippen LogP contribution in [0.1, 0.15) is 5.56 Å². The van der Waals surface area contributed by atoms with Gasteiger partial charge in [-0.15, -0.1) is 0 Å². The lowest BCUT2D eigenvalue weighted by molar-refractivity contribution is -0.152. The summed E-state index contributed by atoms with van der Waals surface area (Å²) in [6.07, 6.45) is 0.256. The largest absolute Gasteiger partial charge is 0.495 e. The van der Waals surface area contributed by atoms with Gasteiger partial charge in [0, 0.05) is 32.4 Å². The molecular weight excluding hydrogens is 396 g/mol. The number of fused-ring (bicyclic) bond motifs is 4. The van der Waals surface area contributed by atoms with Gasteiger partial charge in [-0.25, -0.2) is 4.79 Å². The maximum absolute atomic E-state index is 13.5. The van der Waals surface area contributed by atoms with Crippen molar-refractivity contribution in [2.24, 2.45) is 5.41 Å². The number of nitrogens with one attached hydrogen (secondary N) is 1. The van der Waals surface area contributed by atoms with E-state index in [1.54, 1.807) is 7.11 Å². The molecule has 3 aliphatic heterocycles. The predicted molar refractivity (Wildman–Crippen MR) is 115 cm³/mol. The Kier molecular flexibility index (Phi) is 4.39. The molecule has 0 radical (unpaired) electrons. The maximum Gasteiger partial charge on any atom is 0.330 e. The average Bonchev–Trinajstić information content (AvgIpc) is 2.81. The molecule has 2 aromatic rings. The third kappa shape index (κ3) is 2.71. The van der Waals surface area contributed by atoms with Crippen LogP contribution in [0.4, 0.5) is 16.2 Å². The minimum absolute atomic E-state index is 0.256. The summed E-state index contributed by atoms with van der Waals surface area (Å²) in [6, 6.07) is 14.5. The Morgan fingerprint density at radius 2 is 1.71 bits per heavy atom. The minimum atomic E-state index is -1.38. The second-order valence-electron chi connectivity index (χ2n) is 8.23. The van der Waals surface area contributed by atoms with E-state index in [4.69, 9.17) is 4.74 Å². The van der Waals surface area contributed by atoms with E-state index in [1.165, 1.54) is 7.05 Å². The van der Waals surface area contributed by atoms with Crippen molar-refractivity contribution in [3.63, 3.8) is 0 Å². The standard InChI is InChI=1S/C23H24N4O4/c1-25-21(29)23(20(28)24-22(25)30)13-15-7-3-4-8-16(15)27-12-11-26(14-19(23)27)17-9-5-6-10-18(17)31-2/h3-10,19H,11-14H2,1-2H3,(H,24,28,30). The summed E-state index contributed by atoms with van der Waals surface area (Å²) in [4.78, 5) is 44.4. The number of piperazine rings is 1. The van der Waals surface area contributed by atoms with Gasteiger partial charge >= 0.3 is 6.03 Å². The molecule has 31 heavy (non-hydrogen) atoms. The Bertz CT molecular complexity index is 1090. The van der Waals surface area contributed by atoms with Crippen LogP contribution in [0.5, 0.6) is 5.75 Å². The Morgan fingerprint density at radius 1 is 1.00 bits per heavy atom. The topological polar surface area (TPSA) is 82.2 Å². The van der Waals surface area contributed by atoms with Crippen LogP contribution < -0.4 is 19.9 Å². The number of nitrogens with zero attached hydrogens (tertiary/aromatic N) is 3. The SMILES string of the molecule is COc1ccccc1N1CCN2c3ccccc3CC3(C(=O)NC(=O)N(C)C3=O)C2C1. The van der Waals surface area contributed by atoms with Gasteiger partial charge in [-0.05, 0) is 30.2 Å². The van der Waals surface area contributed by atoms with E-state index < -0.39 is 29.3 Å². The average molecular weight is 420 g/mol. The van der Waals surface area contributed by atoms with Crippen molar-refractivity contribution in [1.29, 1.82) is 0 Å². The molecule has 3 aliphatic rings. The zero-order chi connectivity index (χ0) is 21.8. The van der Waals surface area contributed by atoms with Gasteiger partial charge in [-0.2, -0.15) is 0 Å². The minimum Gasteiger partial charge on any atom is -0.495 e. The fourth-order valence-electron chi connectivity index (χ4n) is 5.19. The summed E-state index contributed by atoms with van der Waals surface area (Å²) < 4.78 is 5.55. The van der Waals surface area contributed by atoms with Crippen molar-refractivity contribution in [1.82, 2.24) is 10.2 Å². The number of hydrogen-bond donors (Lipinski definition) is 1. The lowest BCUT2D eigenvalue weighted by Gasteiger charge is -2.55. The summed E-state index contributed by atoms with van der Waals surface area (Å²) >= 11 is 0. The number of para-hydroxylation sites is 3. The lowest BCUT2D eigenvalue weighted by Crippen LogP contribution is -2.74. The first kappa shape index (κ1) is 19.4. The van der Waals surface area contributed by atoms with Crippen LogP contribution >= 0.6 is 0 Å². The molecule has 2 saturated heterocycles. The van der Waals surface area contributed by atoms with E-state index in [-0.39, 0.29) is 6.42 Å². The number of carbonyl (C=O) groups is 3. The molecule has 5 rings (SSSR count). The summed E-state index contributed by atoms with van der Waals surface area (Å²) in [5, 5.41) is 2.42. The number of barbiturate groups is 1. The van der Waals surface area contributed by atoms with Crippen LogP contribution in [0.3, 0.4) is 0 Å². The summed E-state index contributed by atoms with van der Waals surface area (Å²) in [6.45, 7) is 1.81. The first-order valence-electron chi connectivity index (χ1n) is 10.3. The third-order valence-electron chi connectivity index (χ3n) is 6.76. The summed E-state index contributed by atoms with van der Waals surface area (Å²) in [5.74, 6) is -0.229. The quantitative estimate of drug-likeness (QED) is 0.744. The van der Waals surface area contributed by atoms with Crippen molar-refractivity contribution in [2.75, 3.05) is 43.6 Å². The zero-order valence-corrected chi connectivity index (χ0v) is 17.5. The number of benzene rings is 2. The van der Waals surface area contributed by atoms with Crippen LogP contribution in [-0.2, 0) is 16.0 Å². The van der Waals surface area contributed by atoms with Gasteiger partial charge in [0.15, 0.2) is 5.41 Å². The van der Waals surface area contributed by atoms with Crippen molar-refractivity contribution in [3.8, 4) is 5.75 Å². The molecule has 1 N–H and O–H groups in total. The number of amides is 4. The number of hydrogen-bond acceptors (Lipinski definition) is 6. The molecule has 2 atom stereocenters. The number of anilines is 2. The van der Waals surface area contributed by atoms with Gasteiger partial charge in [-0.3, -0.25) is 19.8 Å². The van der Waals surface area contributed by atoms with Gasteiger partial charge < -0.3 is 14.5 Å². The number of ether oxygens (including phenoxy) is 1. The van der Waals surface area contributed by atoms with Crippen molar-refractivity contribution < 1.29 is 19.1 Å². The smallest absolute Gasteiger partial charge is 0.330 e. The normalized spacial score (nSPS) is 25.3. The van der Waals surface area contributed by atoms with Crippen LogP contribution in [0, 0.1) is 5.41 Å². The highest BCUT2D eigenvalue weighted by molar-refractivity contribution is 6.20. The van der Waals surface area contributed by atoms with Crippen LogP contribution in [0.2, 0.25) is 0 Å². The Balaban J connectivity index is 1.63. The Morgan fingerprint density at radius 3 is 2.48 bits per heavy atom. The predicted octanol–water partition coefficient (Wildman–Crippen LogP) is 1.64. The Hall–Kier alpha value is -3.55. The van der Waals surface area contributed by atoms with Gasteiger partial charge in [0.1, 0.15) is 5.75 Å². The van der Waals surface area contributed by atoms with Gasteiger partial charge in [0.05, 0.1) is 18.8 Å². The molecule has 1 spiro atoms.